The van der Waals surface area contributed by atoms with Gasteiger partial charge >= 0.3 is 0 Å². The van der Waals surface area contributed by atoms with Crippen LogP contribution in [0, 0.1) is 0 Å². The van der Waals surface area contributed by atoms with Crippen molar-refractivity contribution in [1.82, 2.24) is 0 Å². The molecule has 0 aliphatic carbocycles. The summed E-state index contributed by atoms with van der Waals surface area (Å²) in [7, 11) is 0. The average Bonchev–Trinajstić information content (AvgIpc) is 2.63. The van der Waals surface area contributed by atoms with Crippen molar-refractivity contribution in [3.8, 4) is 5.75 Å². The highest BCUT2D eigenvalue weighted by Crippen LogP contribution is 2.23. The van der Waals surface area contributed by atoms with Gasteiger partial charge in [-0.05, 0) is 54.6 Å². The van der Waals surface area contributed by atoms with Crippen molar-refractivity contribution >= 4 is 55.4 Å². The maximum Gasteiger partial charge on any atom is 0.255 e. The number of hydrogen-bond donors (Lipinski definition) is 2. The standard InChI is InChI=1S/C20H14Br2N2O2/c21-15-4-1-3-13(9-15)20(26)24-18-6-2-5-17(11-18)23-12-14-10-16(22)7-8-19(14)25/h1-12,25H,(H,24,26). The molecule has 0 spiro atoms. The van der Waals surface area contributed by atoms with Crippen LogP contribution in [-0.4, -0.2) is 17.2 Å². The van der Waals surface area contributed by atoms with E-state index < -0.39 is 0 Å². The van der Waals surface area contributed by atoms with Crippen LogP contribution in [-0.2, 0) is 0 Å². The summed E-state index contributed by atoms with van der Waals surface area (Å²) in [6, 6.07) is 19.5. The number of rotatable bonds is 4. The van der Waals surface area contributed by atoms with Gasteiger partial charge in [0.25, 0.3) is 5.91 Å². The van der Waals surface area contributed by atoms with E-state index in [2.05, 4.69) is 42.2 Å². The largest absolute Gasteiger partial charge is 0.507 e. The molecular weight excluding hydrogens is 460 g/mol. The van der Waals surface area contributed by atoms with E-state index in [9.17, 15) is 9.90 Å². The Balaban J connectivity index is 1.77. The molecule has 1 amide bonds. The summed E-state index contributed by atoms with van der Waals surface area (Å²) in [5.74, 6) is -0.0480. The number of nitrogens with zero attached hydrogens (tertiary/aromatic N) is 1. The van der Waals surface area contributed by atoms with Crippen LogP contribution in [0.2, 0.25) is 0 Å². The Hall–Kier alpha value is -2.44. The number of halogens is 2. The van der Waals surface area contributed by atoms with E-state index in [1.807, 2.05) is 24.3 Å². The molecule has 3 aromatic carbocycles. The Kier molecular flexibility index (Phi) is 5.85. The van der Waals surface area contributed by atoms with E-state index >= 15 is 0 Å². The Morgan fingerprint density at radius 2 is 1.73 bits per heavy atom. The molecule has 0 radical (unpaired) electrons. The van der Waals surface area contributed by atoms with Gasteiger partial charge in [0, 0.05) is 32.0 Å². The number of phenolic OH excluding ortho intramolecular Hbond substituents is 1. The highest BCUT2D eigenvalue weighted by atomic mass is 79.9. The van der Waals surface area contributed by atoms with Crippen LogP contribution in [0.5, 0.6) is 5.75 Å². The lowest BCUT2D eigenvalue weighted by atomic mass is 10.2. The monoisotopic (exact) mass is 472 g/mol. The number of nitrogens with one attached hydrogen (secondary N) is 1. The van der Waals surface area contributed by atoms with Gasteiger partial charge in [-0.15, -0.1) is 0 Å². The third-order valence-corrected chi connectivity index (χ3v) is 4.52. The van der Waals surface area contributed by atoms with Gasteiger partial charge in [0.05, 0.1) is 5.69 Å². The summed E-state index contributed by atoms with van der Waals surface area (Å²) in [6.07, 6.45) is 1.58. The van der Waals surface area contributed by atoms with Crippen LogP contribution in [0.25, 0.3) is 0 Å². The van der Waals surface area contributed by atoms with Crippen molar-refractivity contribution in [2.24, 2.45) is 4.99 Å². The molecule has 26 heavy (non-hydrogen) atoms. The van der Waals surface area contributed by atoms with Crippen LogP contribution in [0.15, 0.2) is 80.7 Å². The topological polar surface area (TPSA) is 61.7 Å². The molecule has 3 aromatic rings. The summed E-state index contributed by atoms with van der Waals surface area (Å²) in [4.78, 5) is 16.7. The number of hydrogen-bond acceptors (Lipinski definition) is 3. The molecule has 0 aliphatic heterocycles. The van der Waals surface area contributed by atoms with Gasteiger partial charge in [0.2, 0.25) is 0 Å². The molecule has 0 bridgehead atoms. The minimum Gasteiger partial charge on any atom is -0.507 e. The molecule has 0 aromatic heterocycles. The third kappa shape index (κ3) is 4.80. The lowest BCUT2D eigenvalue weighted by Gasteiger charge is -2.06. The van der Waals surface area contributed by atoms with Crippen molar-refractivity contribution in [3.63, 3.8) is 0 Å². The minimum atomic E-state index is -0.197. The molecule has 2 N–H and O–H groups in total. The first-order valence-corrected chi connectivity index (χ1v) is 9.29. The number of carbonyl (C=O) groups is 1. The molecule has 130 valence electrons. The van der Waals surface area contributed by atoms with Gasteiger partial charge in [-0.3, -0.25) is 9.79 Å². The molecule has 0 atom stereocenters. The number of phenols is 1. The van der Waals surface area contributed by atoms with Gasteiger partial charge in [-0.25, -0.2) is 0 Å². The first-order valence-electron chi connectivity index (χ1n) is 7.71. The zero-order chi connectivity index (χ0) is 18.5. The summed E-state index contributed by atoms with van der Waals surface area (Å²) in [5.41, 5.74) is 2.47. The second kappa shape index (κ2) is 8.29. The number of aromatic hydroxyl groups is 1. The molecule has 0 saturated carbocycles. The quantitative estimate of drug-likeness (QED) is 0.462. The van der Waals surface area contributed by atoms with E-state index in [1.165, 1.54) is 0 Å². The maximum atomic E-state index is 12.3. The van der Waals surface area contributed by atoms with Crippen molar-refractivity contribution in [2.75, 3.05) is 5.32 Å². The van der Waals surface area contributed by atoms with Gasteiger partial charge in [-0.2, -0.15) is 0 Å². The van der Waals surface area contributed by atoms with E-state index in [1.54, 1.807) is 48.7 Å². The Bertz CT molecular complexity index is 987. The smallest absolute Gasteiger partial charge is 0.255 e. The normalized spacial score (nSPS) is 10.8. The minimum absolute atomic E-state index is 0.149. The van der Waals surface area contributed by atoms with E-state index in [0.717, 1.165) is 8.95 Å². The zero-order valence-electron chi connectivity index (χ0n) is 13.5. The fourth-order valence-corrected chi connectivity index (χ4v) is 3.05. The fraction of sp³-hybridized carbons (Fsp3) is 0. The van der Waals surface area contributed by atoms with Gasteiger partial charge in [0.1, 0.15) is 5.75 Å². The summed E-state index contributed by atoms with van der Waals surface area (Å²) in [6.45, 7) is 0. The molecule has 0 unspecified atom stereocenters. The van der Waals surface area contributed by atoms with Crippen molar-refractivity contribution < 1.29 is 9.90 Å². The van der Waals surface area contributed by atoms with Crippen molar-refractivity contribution in [2.45, 2.75) is 0 Å². The van der Waals surface area contributed by atoms with Gasteiger partial charge in [-0.1, -0.05) is 44.0 Å². The van der Waals surface area contributed by atoms with Crippen LogP contribution in [0.1, 0.15) is 15.9 Å². The van der Waals surface area contributed by atoms with E-state index in [0.29, 0.717) is 22.5 Å². The van der Waals surface area contributed by atoms with Crippen molar-refractivity contribution in [1.29, 1.82) is 0 Å². The molecule has 0 fully saturated rings. The van der Waals surface area contributed by atoms with Crippen LogP contribution < -0.4 is 5.32 Å². The van der Waals surface area contributed by atoms with Crippen LogP contribution in [0.4, 0.5) is 11.4 Å². The predicted molar refractivity (Wildman–Crippen MR) is 112 cm³/mol. The number of benzene rings is 3. The van der Waals surface area contributed by atoms with Crippen LogP contribution >= 0.6 is 31.9 Å². The van der Waals surface area contributed by atoms with Crippen molar-refractivity contribution in [3.05, 3.63) is 86.8 Å². The lowest BCUT2D eigenvalue weighted by Crippen LogP contribution is -2.11. The highest BCUT2D eigenvalue weighted by molar-refractivity contribution is 9.10. The zero-order valence-corrected chi connectivity index (χ0v) is 16.7. The lowest BCUT2D eigenvalue weighted by molar-refractivity contribution is 0.102. The highest BCUT2D eigenvalue weighted by Gasteiger charge is 2.06. The molecule has 4 nitrogen and oxygen atoms in total. The number of amides is 1. The summed E-state index contributed by atoms with van der Waals surface area (Å²) in [5, 5.41) is 12.7. The van der Waals surface area contributed by atoms with Gasteiger partial charge in [0.15, 0.2) is 0 Å². The SMILES string of the molecule is O=C(Nc1cccc(N=Cc2cc(Br)ccc2O)c1)c1cccc(Br)c1. The summed E-state index contributed by atoms with van der Waals surface area (Å²) < 4.78 is 1.70. The second-order valence-corrected chi connectivity index (χ2v) is 7.31. The molecule has 0 aliphatic rings. The molecular formula is C20H14Br2N2O2. The first kappa shape index (κ1) is 18.4. The predicted octanol–water partition coefficient (Wildman–Crippen LogP) is 5.92. The first-order chi connectivity index (χ1) is 12.5. The molecule has 0 saturated heterocycles. The Labute approximate surface area is 167 Å². The number of carbonyl (C=O) groups excluding carboxylic acids is 1. The van der Waals surface area contributed by atoms with E-state index in [-0.39, 0.29) is 11.7 Å². The Morgan fingerprint density at radius 1 is 0.962 bits per heavy atom. The second-order valence-electron chi connectivity index (χ2n) is 5.48. The fourth-order valence-electron chi connectivity index (χ4n) is 2.27. The van der Waals surface area contributed by atoms with E-state index in [4.69, 9.17) is 0 Å². The summed E-state index contributed by atoms with van der Waals surface area (Å²) >= 11 is 6.72. The number of anilines is 1. The Morgan fingerprint density at radius 3 is 2.54 bits per heavy atom. The molecule has 3 rings (SSSR count). The maximum absolute atomic E-state index is 12.3. The number of aliphatic imine (C=N–C) groups is 1. The average molecular weight is 474 g/mol. The molecule has 0 heterocycles. The third-order valence-electron chi connectivity index (χ3n) is 3.53. The van der Waals surface area contributed by atoms with Gasteiger partial charge < -0.3 is 10.4 Å². The van der Waals surface area contributed by atoms with Crippen LogP contribution in [0.3, 0.4) is 0 Å². The molecule has 6 heteroatoms.